The first-order valence-electron chi connectivity index (χ1n) is 9.04. The van der Waals surface area contributed by atoms with E-state index in [1.165, 1.54) is 23.1 Å². The van der Waals surface area contributed by atoms with E-state index in [4.69, 9.17) is 4.74 Å². The highest BCUT2D eigenvalue weighted by Crippen LogP contribution is 2.30. The van der Waals surface area contributed by atoms with Crippen LogP contribution in [0, 0.1) is 6.92 Å². The van der Waals surface area contributed by atoms with Crippen LogP contribution in [0.3, 0.4) is 0 Å². The largest absolute Gasteiger partial charge is 0.476 e. The molecule has 3 heterocycles. The molecule has 0 spiro atoms. The SMILES string of the molecule is CCOc1nn(CC)cc1-c1nnc(SCC(=O)Nc2nc(C)cs2)n1CC. The van der Waals surface area contributed by atoms with Gasteiger partial charge in [0.2, 0.25) is 11.8 Å². The van der Waals surface area contributed by atoms with Gasteiger partial charge in [0.25, 0.3) is 0 Å². The van der Waals surface area contributed by atoms with E-state index in [-0.39, 0.29) is 11.7 Å². The van der Waals surface area contributed by atoms with Gasteiger partial charge in [-0.1, -0.05) is 11.8 Å². The maximum absolute atomic E-state index is 12.2. The zero-order valence-electron chi connectivity index (χ0n) is 16.3. The first-order valence-corrected chi connectivity index (χ1v) is 10.9. The lowest BCUT2D eigenvalue weighted by Crippen LogP contribution is -2.14. The highest BCUT2D eigenvalue weighted by molar-refractivity contribution is 7.99. The average Bonchev–Trinajstić information content (AvgIpc) is 3.38. The number of aryl methyl sites for hydroxylation is 2. The third-order valence-electron chi connectivity index (χ3n) is 3.80. The minimum atomic E-state index is -0.125. The minimum Gasteiger partial charge on any atom is -0.476 e. The summed E-state index contributed by atoms with van der Waals surface area (Å²) in [5.41, 5.74) is 1.69. The summed E-state index contributed by atoms with van der Waals surface area (Å²) >= 11 is 2.75. The van der Waals surface area contributed by atoms with Crippen molar-refractivity contribution in [3.8, 4) is 17.3 Å². The third-order valence-corrected chi connectivity index (χ3v) is 5.65. The molecule has 1 N–H and O–H groups in total. The van der Waals surface area contributed by atoms with Gasteiger partial charge in [0.1, 0.15) is 5.56 Å². The van der Waals surface area contributed by atoms with Gasteiger partial charge in [-0.2, -0.15) is 0 Å². The number of nitrogens with zero attached hydrogens (tertiary/aromatic N) is 6. The number of aromatic nitrogens is 6. The summed E-state index contributed by atoms with van der Waals surface area (Å²) in [5, 5.41) is 19.0. The van der Waals surface area contributed by atoms with E-state index in [1.54, 1.807) is 0 Å². The molecule has 0 aliphatic rings. The fourth-order valence-electron chi connectivity index (χ4n) is 2.54. The van der Waals surface area contributed by atoms with Gasteiger partial charge in [-0.25, -0.2) is 4.98 Å². The number of ether oxygens (including phenoxy) is 1. The van der Waals surface area contributed by atoms with E-state index in [0.717, 1.165) is 17.8 Å². The smallest absolute Gasteiger partial charge is 0.243 e. The molecular formula is C17H23N7O2S2. The van der Waals surface area contributed by atoms with E-state index in [1.807, 2.05) is 48.5 Å². The van der Waals surface area contributed by atoms with Crippen molar-refractivity contribution in [2.24, 2.45) is 0 Å². The van der Waals surface area contributed by atoms with Crippen LogP contribution in [0.15, 0.2) is 16.7 Å². The molecule has 3 aromatic rings. The number of thiazole rings is 1. The summed E-state index contributed by atoms with van der Waals surface area (Å²) in [6.07, 6.45) is 1.91. The van der Waals surface area contributed by atoms with E-state index in [2.05, 4.69) is 25.6 Å². The number of carbonyl (C=O) groups is 1. The zero-order valence-corrected chi connectivity index (χ0v) is 17.9. The lowest BCUT2D eigenvalue weighted by molar-refractivity contribution is -0.113. The second kappa shape index (κ2) is 9.20. The number of anilines is 1. The van der Waals surface area contributed by atoms with Gasteiger partial charge >= 0.3 is 0 Å². The highest BCUT2D eigenvalue weighted by Gasteiger charge is 2.21. The Morgan fingerprint density at radius 1 is 1.29 bits per heavy atom. The van der Waals surface area contributed by atoms with Crippen LogP contribution in [-0.4, -0.2) is 47.8 Å². The number of amides is 1. The molecule has 0 unspecified atom stereocenters. The van der Waals surface area contributed by atoms with E-state index >= 15 is 0 Å². The van der Waals surface area contributed by atoms with Crippen molar-refractivity contribution in [3.05, 3.63) is 17.3 Å². The summed E-state index contributed by atoms with van der Waals surface area (Å²) < 4.78 is 9.43. The Kier molecular flexibility index (Phi) is 6.68. The molecule has 3 aromatic heterocycles. The Morgan fingerprint density at radius 2 is 2.11 bits per heavy atom. The van der Waals surface area contributed by atoms with Gasteiger partial charge in [-0.05, 0) is 27.7 Å². The highest BCUT2D eigenvalue weighted by atomic mass is 32.2. The second-order valence-corrected chi connectivity index (χ2v) is 7.62. The van der Waals surface area contributed by atoms with Gasteiger partial charge < -0.3 is 14.6 Å². The molecule has 0 bridgehead atoms. The van der Waals surface area contributed by atoms with Crippen molar-refractivity contribution in [1.29, 1.82) is 0 Å². The number of rotatable bonds is 9. The quantitative estimate of drug-likeness (QED) is 0.530. The molecule has 3 rings (SSSR count). The Morgan fingerprint density at radius 3 is 2.75 bits per heavy atom. The van der Waals surface area contributed by atoms with Gasteiger partial charge in [0.05, 0.1) is 18.1 Å². The molecule has 9 nitrogen and oxygen atoms in total. The standard InChI is InChI=1S/C17H23N7O2S2/c1-5-23-8-12(15(22-23)26-7-3)14-20-21-17(24(14)6-2)28-10-13(25)19-16-18-11(4)9-27-16/h8-9H,5-7,10H2,1-4H3,(H,18,19,25). The molecule has 0 aromatic carbocycles. The molecule has 11 heteroatoms. The molecule has 150 valence electrons. The van der Waals surface area contributed by atoms with Crippen LogP contribution in [0.4, 0.5) is 5.13 Å². The molecule has 0 radical (unpaired) electrons. The monoisotopic (exact) mass is 421 g/mol. The molecule has 0 saturated carbocycles. The van der Waals surface area contributed by atoms with Gasteiger partial charge in [0, 0.05) is 24.7 Å². The lowest BCUT2D eigenvalue weighted by atomic mass is 10.3. The van der Waals surface area contributed by atoms with Gasteiger partial charge in [-0.15, -0.1) is 26.6 Å². The van der Waals surface area contributed by atoms with Crippen molar-refractivity contribution >= 4 is 34.1 Å². The molecular weight excluding hydrogens is 398 g/mol. The fourth-order valence-corrected chi connectivity index (χ4v) is 4.05. The maximum Gasteiger partial charge on any atom is 0.243 e. The summed E-state index contributed by atoms with van der Waals surface area (Å²) in [6.45, 7) is 9.76. The Bertz CT molecular complexity index is 947. The summed E-state index contributed by atoms with van der Waals surface area (Å²) in [6, 6.07) is 0. The van der Waals surface area contributed by atoms with Gasteiger partial charge in [0.15, 0.2) is 16.1 Å². The Hall–Kier alpha value is -2.40. The summed E-state index contributed by atoms with van der Waals surface area (Å²) in [4.78, 5) is 16.4. The van der Waals surface area contributed by atoms with E-state index in [0.29, 0.717) is 35.1 Å². The van der Waals surface area contributed by atoms with E-state index < -0.39 is 0 Å². The fraction of sp³-hybridized carbons (Fsp3) is 0.471. The normalized spacial score (nSPS) is 11.0. The minimum absolute atomic E-state index is 0.125. The predicted molar refractivity (Wildman–Crippen MR) is 110 cm³/mol. The Balaban J connectivity index is 1.75. The number of thioether (sulfide) groups is 1. The van der Waals surface area contributed by atoms with Crippen LogP contribution in [0.25, 0.3) is 11.4 Å². The second-order valence-electron chi connectivity index (χ2n) is 5.82. The third kappa shape index (κ3) is 4.53. The number of nitrogens with one attached hydrogen (secondary N) is 1. The lowest BCUT2D eigenvalue weighted by Gasteiger charge is -2.07. The van der Waals surface area contributed by atoms with Crippen molar-refractivity contribution in [2.75, 3.05) is 17.7 Å². The number of carbonyl (C=O) groups excluding carboxylic acids is 1. The summed E-state index contributed by atoms with van der Waals surface area (Å²) in [5.74, 6) is 1.33. The average molecular weight is 422 g/mol. The topological polar surface area (TPSA) is 99.8 Å². The van der Waals surface area contributed by atoms with Crippen molar-refractivity contribution < 1.29 is 9.53 Å². The predicted octanol–water partition coefficient (Wildman–Crippen LogP) is 3.08. The molecule has 0 aliphatic heterocycles. The van der Waals surface area contributed by atoms with Crippen LogP contribution < -0.4 is 10.1 Å². The van der Waals surface area contributed by atoms with Crippen LogP contribution in [-0.2, 0) is 17.9 Å². The summed E-state index contributed by atoms with van der Waals surface area (Å²) in [7, 11) is 0. The van der Waals surface area contributed by atoms with Crippen LogP contribution in [0.1, 0.15) is 26.5 Å². The van der Waals surface area contributed by atoms with Gasteiger partial charge in [-0.3, -0.25) is 9.48 Å². The maximum atomic E-state index is 12.2. The van der Waals surface area contributed by atoms with Crippen molar-refractivity contribution in [3.63, 3.8) is 0 Å². The van der Waals surface area contributed by atoms with E-state index in [9.17, 15) is 4.79 Å². The molecule has 0 aliphatic carbocycles. The zero-order chi connectivity index (χ0) is 20.1. The van der Waals surface area contributed by atoms with Crippen LogP contribution >= 0.6 is 23.1 Å². The van der Waals surface area contributed by atoms with Crippen LogP contribution in [0.5, 0.6) is 5.88 Å². The van der Waals surface area contributed by atoms with Crippen molar-refractivity contribution in [2.45, 2.75) is 45.9 Å². The first-order chi connectivity index (χ1) is 13.5. The Labute approximate surface area is 171 Å². The molecule has 1 amide bonds. The molecule has 0 fully saturated rings. The molecule has 0 atom stereocenters. The first kappa shape index (κ1) is 20.3. The van der Waals surface area contributed by atoms with Crippen LogP contribution in [0.2, 0.25) is 0 Å². The molecule has 0 saturated heterocycles. The van der Waals surface area contributed by atoms with Crippen molar-refractivity contribution in [1.82, 2.24) is 29.5 Å². The number of hydrogen-bond donors (Lipinski definition) is 1. The number of hydrogen-bond acceptors (Lipinski definition) is 8. The molecule has 28 heavy (non-hydrogen) atoms.